The normalized spacial score (nSPS) is 21.3. The van der Waals surface area contributed by atoms with Crippen LogP contribution in [-0.2, 0) is 27.7 Å². The van der Waals surface area contributed by atoms with E-state index in [1.54, 1.807) is 17.0 Å². The number of carbonyl (C=O) groups is 1. The topological polar surface area (TPSA) is 83.7 Å². The molecule has 0 aromatic heterocycles. The Balaban J connectivity index is 1.61. The van der Waals surface area contributed by atoms with Crippen molar-refractivity contribution in [1.29, 1.82) is 0 Å². The van der Waals surface area contributed by atoms with Crippen LogP contribution in [0.15, 0.2) is 47.4 Å². The Kier molecular flexibility index (Phi) is 4.24. The van der Waals surface area contributed by atoms with E-state index < -0.39 is 10.0 Å². The zero-order chi connectivity index (χ0) is 19.3. The molecule has 0 spiro atoms. The summed E-state index contributed by atoms with van der Waals surface area (Å²) in [7, 11) is -3.75. The maximum atomic E-state index is 13.2. The highest BCUT2D eigenvalue weighted by atomic mass is 32.2. The summed E-state index contributed by atoms with van der Waals surface area (Å²) in [4.78, 5) is 17.2. The van der Waals surface area contributed by atoms with Crippen molar-refractivity contribution in [2.75, 3.05) is 16.3 Å². The Bertz CT molecular complexity index is 1020. The van der Waals surface area contributed by atoms with Gasteiger partial charge in [0, 0.05) is 23.5 Å². The van der Waals surface area contributed by atoms with Gasteiger partial charge in [0.15, 0.2) is 0 Å². The number of carbonyl (C=O) groups excluding carboxylic acids is 1. The van der Waals surface area contributed by atoms with E-state index >= 15 is 0 Å². The molecule has 2 N–H and O–H groups in total. The predicted molar refractivity (Wildman–Crippen MR) is 105 cm³/mol. The highest BCUT2D eigenvalue weighted by Crippen LogP contribution is 2.36. The van der Waals surface area contributed by atoms with Crippen molar-refractivity contribution in [2.45, 2.75) is 43.7 Å². The summed E-state index contributed by atoms with van der Waals surface area (Å²) in [5.41, 5.74) is 4.01. The van der Waals surface area contributed by atoms with E-state index in [1.165, 1.54) is 11.6 Å². The molecule has 0 fully saturated rings. The molecule has 2 heterocycles. The molecule has 1 amide bonds. The lowest BCUT2D eigenvalue weighted by atomic mass is 10.1. The molecule has 0 bridgehead atoms. The van der Waals surface area contributed by atoms with Crippen molar-refractivity contribution in [2.24, 2.45) is 5.14 Å². The van der Waals surface area contributed by atoms with Gasteiger partial charge in [-0.3, -0.25) is 4.79 Å². The van der Waals surface area contributed by atoms with Gasteiger partial charge >= 0.3 is 0 Å². The van der Waals surface area contributed by atoms with E-state index in [4.69, 9.17) is 5.14 Å². The van der Waals surface area contributed by atoms with Crippen molar-refractivity contribution < 1.29 is 13.2 Å². The first-order valence-corrected chi connectivity index (χ1v) is 10.6. The summed E-state index contributed by atoms with van der Waals surface area (Å²) < 4.78 is 23.2. The summed E-state index contributed by atoms with van der Waals surface area (Å²) in [5, 5.41) is 5.23. The summed E-state index contributed by atoms with van der Waals surface area (Å²) in [6.07, 6.45) is 1.56. The number of anilines is 2. The second-order valence-electron chi connectivity index (χ2n) is 7.46. The standard InChI is InChI=1S/C20H23N3O3S/c1-13-9-15-5-3-4-6-18(15)22(13)12-20(24)23-14(2)10-16-11-17(27(21,25)26)7-8-19(16)23/h3-8,11,13-14H,9-10,12H2,1-2H3,(H2,21,25,26). The molecule has 2 aromatic rings. The van der Waals surface area contributed by atoms with Crippen LogP contribution in [0.2, 0.25) is 0 Å². The maximum Gasteiger partial charge on any atom is 0.246 e. The fourth-order valence-corrected chi connectivity index (χ4v) is 4.82. The molecular weight excluding hydrogens is 362 g/mol. The fraction of sp³-hybridized carbons (Fsp3) is 0.350. The molecule has 2 aromatic carbocycles. The number of hydrogen-bond acceptors (Lipinski definition) is 4. The second-order valence-corrected chi connectivity index (χ2v) is 9.02. The highest BCUT2D eigenvalue weighted by Gasteiger charge is 2.34. The third-order valence-electron chi connectivity index (χ3n) is 5.52. The first-order valence-electron chi connectivity index (χ1n) is 9.08. The number of primary sulfonamides is 1. The number of nitrogens with two attached hydrogens (primary N) is 1. The lowest BCUT2D eigenvalue weighted by Gasteiger charge is -2.29. The average Bonchev–Trinajstić information content (AvgIpc) is 3.09. The van der Waals surface area contributed by atoms with Gasteiger partial charge in [-0.1, -0.05) is 18.2 Å². The first kappa shape index (κ1) is 18.0. The minimum Gasteiger partial charge on any atom is -0.359 e. The van der Waals surface area contributed by atoms with Gasteiger partial charge in [0.05, 0.1) is 11.4 Å². The van der Waals surface area contributed by atoms with Gasteiger partial charge in [0.1, 0.15) is 0 Å². The Hall–Kier alpha value is -2.38. The number of hydrogen-bond donors (Lipinski definition) is 1. The van der Waals surface area contributed by atoms with Crippen LogP contribution in [0.4, 0.5) is 11.4 Å². The smallest absolute Gasteiger partial charge is 0.246 e. The van der Waals surface area contributed by atoms with E-state index in [0.29, 0.717) is 13.0 Å². The van der Waals surface area contributed by atoms with Crippen LogP contribution < -0.4 is 14.9 Å². The number of amides is 1. The number of sulfonamides is 1. The van der Waals surface area contributed by atoms with Crippen molar-refractivity contribution in [3.05, 3.63) is 53.6 Å². The Labute approximate surface area is 159 Å². The van der Waals surface area contributed by atoms with Gasteiger partial charge in [0.2, 0.25) is 15.9 Å². The van der Waals surface area contributed by atoms with Crippen molar-refractivity contribution in [3.8, 4) is 0 Å². The zero-order valence-electron chi connectivity index (χ0n) is 15.4. The predicted octanol–water partition coefficient (Wildman–Crippen LogP) is 2.06. The van der Waals surface area contributed by atoms with Crippen molar-refractivity contribution in [1.82, 2.24) is 0 Å². The Morgan fingerprint density at radius 3 is 2.48 bits per heavy atom. The van der Waals surface area contributed by atoms with Crippen LogP contribution in [0.5, 0.6) is 0 Å². The van der Waals surface area contributed by atoms with Crippen molar-refractivity contribution in [3.63, 3.8) is 0 Å². The SMILES string of the molecule is CC1Cc2ccccc2N1CC(=O)N1c2ccc(S(N)(=O)=O)cc2CC1C. The minimum atomic E-state index is -3.75. The average molecular weight is 385 g/mol. The second kappa shape index (κ2) is 6.35. The molecule has 0 radical (unpaired) electrons. The zero-order valence-corrected chi connectivity index (χ0v) is 16.2. The fourth-order valence-electron chi connectivity index (χ4n) is 4.26. The van der Waals surface area contributed by atoms with Crippen LogP contribution >= 0.6 is 0 Å². The summed E-state index contributed by atoms with van der Waals surface area (Å²) >= 11 is 0. The van der Waals surface area contributed by atoms with Gasteiger partial charge in [-0.2, -0.15) is 0 Å². The lowest BCUT2D eigenvalue weighted by Crippen LogP contribution is -2.44. The van der Waals surface area contributed by atoms with E-state index in [9.17, 15) is 13.2 Å². The van der Waals surface area contributed by atoms with Crippen LogP contribution in [0.1, 0.15) is 25.0 Å². The molecule has 2 aliphatic heterocycles. The third-order valence-corrected chi connectivity index (χ3v) is 6.43. The third kappa shape index (κ3) is 3.11. The van der Waals surface area contributed by atoms with Crippen molar-refractivity contribution >= 4 is 27.3 Å². The molecule has 2 aliphatic rings. The van der Waals surface area contributed by atoms with Gasteiger partial charge in [0.25, 0.3) is 0 Å². The molecule has 6 nitrogen and oxygen atoms in total. The maximum absolute atomic E-state index is 13.2. The molecule has 4 rings (SSSR count). The summed E-state index contributed by atoms with van der Waals surface area (Å²) in [5.74, 6) is 0.0214. The summed E-state index contributed by atoms with van der Waals surface area (Å²) in [6, 6.07) is 13.2. The molecule has 0 aliphatic carbocycles. The largest absolute Gasteiger partial charge is 0.359 e. The minimum absolute atomic E-state index is 0.0172. The highest BCUT2D eigenvalue weighted by molar-refractivity contribution is 7.89. The van der Waals surface area contributed by atoms with Crippen LogP contribution in [0.25, 0.3) is 0 Å². The van der Waals surface area contributed by atoms with Gasteiger partial charge < -0.3 is 9.80 Å². The Morgan fingerprint density at radius 2 is 1.74 bits per heavy atom. The molecule has 2 unspecified atom stereocenters. The molecule has 0 saturated heterocycles. The quantitative estimate of drug-likeness (QED) is 0.877. The number of benzene rings is 2. The monoisotopic (exact) mass is 385 g/mol. The number of fused-ring (bicyclic) bond motifs is 2. The Morgan fingerprint density at radius 1 is 1.04 bits per heavy atom. The molecule has 142 valence electrons. The molecule has 2 atom stereocenters. The molecular formula is C20H23N3O3S. The number of nitrogens with zero attached hydrogens (tertiary/aromatic N) is 2. The van der Waals surface area contributed by atoms with E-state index in [2.05, 4.69) is 24.0 Å². The lowest BCUT2D eigenvalue weighted by molar-refractivity contribution is -0.117. The van der Waals surface area contributed by atoms with Crippen LogP contribution in [0.3, 0.4) is 0 Å². The van der Waals surface area contributed by atoms with E-state index in [0.717, 1.165) is 23.4 Å². The first-order chi connectivity index (χ1) is 12.8. The van der Waals surface area contributed by atoms with Gasteiger partial charge in [-0.05, 0) is 62.1 Å². The van der Waals surface area contributed by atoms with Gasteiger partial charge in [-0.25, -0.2) is 13.6 Å². The van der Waals surface area contributed by atoms with Gasteiger partial charge in [-0.15, -0.1) is 0 Å². The van der Waals surface area contributed by atoms with E-state index in [-0.39, 0.29) is 22.9 Å². The number of para-hydroxylation sites is 1. The molecule has 0 saturated carbocycles. The van der Waals surface area contributed by atoms with Crippen LogP contribution in [-0.4, -0.2) is 33.0 Å². The number of rotatable bonds is 3. The molecule has 27 heavy (non-hydrogen) atoms. The molecule has 7 heteroatoms. The van der Waals surface area contributed by atoms with E-state index in [1.807, 2.05) is 19.1 Å². The summed E-state index contributed by atoms with van der Waals surface area (Å²) in [6.45, 7) is 4.42. The van der Waals surface area contributed by atoms with Crippen LogP contribution in [0, 0.1) is 0 Å².